The highest BCUT2D eigenvalue weighted by molar-refractivity contribution is 4.97. The average Bonchev–Trinajstić information content (AvgIpc) is 3.14. The minimum atomic E-state index is 0.121. The molecule has 0 saturated heterocycles. The second-order valence-electron chi connectivity index (χ2n) is 6.56. The van der Waals surface area contributed by atoms with Crippen LogP contribution in [0.2, 0.25) is 0 Å². The molecule has 2 aliphatic rings. The maximum absolute atomic E-state index is 6.28. The molecule has 0 aliphatic heterocycles. The van der Waals surface area contributed by atoms with Gasteiger partial charge in [-0.1, -0.05) is 32.6 Å². The summed E-state index contributed by atoms with van der Waals surface area (Å²) < 4.78 is 6.28. The van der Waals surface area contributed by atoms with E-state index in [4.69, 9.17) is 4.74 Å². The summed E-state index contributed by atoms with van der Waals surface area (Å²) in [5.41, 5.74) is 0.121. The Labute approximate surface area is 113 Å². The third-order valence-electron chi connectivity index (χ3n) is 4.97. The molecule has 2 fully saturated rings. The van der Waals surface area contributed by atoms with Crippen LogP contribution in [0.4, 0.5) is 0 Å². The standard InChI is InChI=1S/C16H31NO/c1-4-18-16(11-5-6-13(2)12-16)15(17-3)10-9-14-7-8-14/h13-15,17H,4-12H2,1-3H3. The number of likely N-dealkylation sites (N-methyl/N-ethyl adjacent to an activating group) is 1. The predicted molar refractivity (Wildman–Crippen MR) is 76.8 cm³/mol. The molecule has 2 nitrogen and oxygen atoms in total. The zero-order valence-corrected chi connectivity index (χ0v) is 12.5. The molecular formula is C16H31NO. The van der Waals surface area contributed by atoms with Gasteiger partial charge < -0.3 is 10.1 Å². The maximum Gasteiger partial charge on any atom is 0.0837 e. The molecule has 1 N–H and O–H groups in total. The number of nitrogens with one attached hydrogen (secondary N) is 1. The molecule has 2 saturated carbocycles. The van der Waals surface area contributed by atoms with E-state index < -0.39 is 0 Å². The zero-order valence-electron chi connectivity index (χ0n) is 12.5. The number of ether oxygens (including phenoxy) is 1. The minimum absolute atomic E-state index is 0.121. The Morgan fingerprint density at radius 1 is 1.33 bits per heavy atom. The van der Waals surface area contributed by atoms with Crippen molar-refractivity contribution >= 4 is 0 Å². The summed E-state index contributed by atoms with van der Waals surface area (Å²) in [6, 6.07) is 0.556. The van der Waals surface area contributed by atoms with Crippen LogP contribution in [0.15, 0.2) is 0 Å². The van der Waals surface area contributed by atoms with Crippen molar-refractivity contribution in [3.8, 4) is 0 Å². The molecule has 0 heterocycles. The molecule has 2 heteroatoms. The molecule has 0 aromatic heterocycles. The van der Waals surface area contributed by atoms with Gasteiger partial charge in [-0.05, 0) is 51.5 Å². The summed E-state index contributed by atoms with van der Waals surface area (Å²) in [5, 5.41) is 3.58. The summed E-state index contributed by atoms with van der Waals surface area (Å²) in [6.45, 7) is 5.39. The normalized spacial score (nSPS) is 34.5. The lowest BCUT2D eigenvalue weighted by Crippen LogP contribution is -2.54. The number of hydrogen-bond acceptors (Lipinski definition) is 2. The van der Waals surface area contributed by atoms with Crippen molar-refractivity contribution in [3.05, 3.63) is 0 Å². The molecule has 2 rings (SSSR count). The first-order valence-corrected chi connectivity index (χ1v) is 8.01. The largest absolute Gasteiger partial charge is 0.374 e. The van der Waals surface area contributed by atoms with Gasteiger partial charge in [0.2, 0.25) is 0 Å². The van der Waals surface area contributed by atoms with Crippen LogP contribution in [0, 0.1) is 11.8 Å². The monoisotopic (exact) mass is 253 g/mol. The lowest BCUT2D eigenvalue weighted by Gasteiger charge is -2.45. The fourth-order valence-electron chi connectivity index (χ4n) is 3.86. The van der Waals surface area contributed by atoms with E-state index in [1.54, 1.807) is 0 Å². The molecule has 0 bridgehead atoms. The quantitative estimate of drug-likeness (QED) is 0.746. The van der Waals surface area contributed by atoms with Crippen molar-refractivity contribution in [1.29, 1.82) is 0 Å². The van der Waals surface area contributed by atoms with E-state index in [1.807, 2.05) is 0 Å². The highest BCUT2D eigenvalue weighted by atomic mass is 16.5. The molecule has 0 radical (unpaired) electrons. The Balaban J connectivity index is 1.98. The topological polar surface area (TPSA) is 21.3 Å². The van der Waals surface area contributed by atoms with Gasteiger partial charge in [0.05, 0.1) is 5.60 Å². The maximum atomic E-state index is 6.28. The van der Waals surface area contributed by atoms with Crippen LogP contribution in [0.25, 0.3) is 0 Å². The first-order valence-electron chi connectivity index (χ1n) is 8.01. The third kappa shape index (κ3) is 3.48. The molecule has 0 aromatic carbocycles. The van der Waals surface area contributed by atoms with Crippen LogP contribution in [0.5, 0.6) is 0 Å². The summed E-state index contributed by atoms with van der Waals surface area (Å²) in [7, 11) is 2.12. The van der Waals surface area contributed by atoms with Crippen molar-refractivity contribution in [2.24, 2.45) is 11.8 Å². The summed E-state index contributed by atoms with van der Waals surface area (Å²) >= 11 is 0. The number of hydrogen-bond donors (Lipinski definition) is 1. The van der Waals surface area contributed by atoms with E-state index in [0.717, 1.165) is 18.4 Å². The van der Waals surface area contributed by atoms with Gasteiger partial charge in [-0.15, -0.1) is 0 Å². The molecule has 0 spiro atoms. The van der Waals surface area contributed by atoms with Crippen molar-refractivity contribution < 1.29 is 4.74 Å². The average molecular weight is 253 g/mol. The lowest BCUT2D eigenvalue weighted by molar-refractivity contribution is -0.101. The molecule has 0 amide bonds. The first kappa shape index (κ1) is 14.3. The minimum Gasteiger partial charge on any atom is -0.374 e. The van der Waals surface area contributed by atoms with E-state index in [-0.39, 0.29) is 5.60 Å². The van der Waals surface area contributed by atoms with Gasteiger partial charge in [0.15, 0.2) is 0 Å². The van der Waals surface area contributed by atoms with Crippen LogP contribution in [-0.4, -0.2) is 25.3 Å². The SMILES string of the molecule is CCOC1(C(CCC2CC2)NC)CCCC(C)C1. The summed E-state index contributed by atoms with van der Waals surface area (Å²) in [5.74, 6) is 1.85. The lowest BCUT2D eigenvalue weighted by atomic mass is 9.73. The smallest absolute Gasteiger partial charge is 0.0837 e. The number of rotatable bonds is 7. The van der Waals surface area contributed by atoms with Crippen LogP contribution in [-0.2, 0) is 4.74 Å². The highest BCUT2D eigenvalue weighted by Crippen LogP contribution is 2.41. The van der Waals surface area contributed by atoms with Gasteiger partial charge in [-0.3, -0.25) is 0 Å². The molecular weight excluding hydrogens is 222 g/mol. The van der Waals surface area contributed by atoms with Crippen LogP contribution < -0.4 is 5.32 Å². The van der Waals surface area contributed by atoms with Crippen LogP contribution in [0.1, 0.15) is 65.2 Å². The summed E-state index contributed by atoms with van der Waals surface area (Å²) in [4.78, 5) is 0. The van der Waals surface area contributed by atoms with Gasteiger partial charge in [0, 0.05) is 12.6 Å². The van der Waals surface area contributed by atoms with Crippen molar-refractivity contribution in [1.82, 2.24) is 5.32 Å². The second-order valence-corrected chi connectivity index (χ2v) is 6.56. The van der Waals surface area contributed by atoms with E-state index in [1.165, 1.54) is 51.4 Å². The fourth-order valence-corrected chi connectivity index (χ4v) is 3.86. The molecule has 0 aromatic rings. The Kier molecular flexibility index (Phi) is 5.08. The van der Waals surface area contributed by atoms with Crippen LogP contribution in [0.3, 0.4) is 0 Å². The fraction of sp³-hybridized carbons (Fsp3) is 1.00. The second kappa shape index (κ2) is 6.38. The molecule has 18 heavy (non-hydrogen) atoms. The van der Waals surface area contributed by atoms with E-state index in [0.29, 0.717) is 6.04 Å². The molecule has 106 valence electrons. The van der Waals surface area contributed by atoms with Crippen molar-refractivity contribution in [3.63, 3.8) is 0 Å². The van der Waals surface area contributed by atoms with E-state index in [9.17, 15) is 0 Å². The van der Waals surface area contributed by atoms with E-state index >= 15 is 0 Å². The summed E-state index contributed by atoms with van der Waals surface area (Å²) in [6.07, 6.45) is 10.8. The Bertz CT molecular complexity index is 247. The first-order chi connectivity index (χ1) is 8.70. The van der Waals surface area contributed by atoms with Gasteiger partial charge in [0.1, 0.15) is 0 Å². The van der Waals surface area contributed by atoms with Gasteiger partial charge in [0.25, 0.3) is 0 Å². The van der Waals surface area contributed by atoms with Crippen LogP contribution >= 0.6 is 0 Å². The molecule has 2 aliphatic carbocycles. The third-order valence-corrected chi connectivity index (χ3v) is 4.97. The highest BCUT2D eigenvalue weighted by Gasteiger charge is 2.42. The zero-order chi connectivity index (χ0) is 13.0. The Morgan fingerprint density at radius 3 is 2.67 bits per heavy atom. The predicted octanol–water partition coefficient (Wildman–Crippen LogP) is 3.75. The molecule has 3 atom stereocenters. The van der Waals surface area contributed by atoms with Crippen molar-refractivity contribution in [2.45, 2.75) is 76.9 Å². The van der Waals surface area contributed by atoms with Gasteiger partial charge >= 0.3 is 0 Å². The van der Waals surface area contributed by atoms with Crippen molar-refractivity contribution in [2.75, 3.05) is 13.7 Å². The van der Waals surface area contributed by atoms with Gasteiger partial charge in [-0.25, -0.2) is 0 Å². The Hall–Kier alpha value is -0.0800. The molecule has 3 unspecified atom stereocenters. The van der Waals surface area contributed by atoms with E-state index in [2.05, 4.69) is 26.2 Å². The Morgan fingerprint density at radius 2 is 2.11 bits per heavy atom. The van der Waals surface area contributed by atoms with Gasteiger partial charge in [-0.2, -0.15) is 0 Å².